The van der Waals surface area contributed by atoms with Crippen molar-refractivity contribution in [3.8, 4) is 0 Å². The van der Waals surface area contributed by atoms with Gasteiger partial charge in [0.05, 0.1) is 0 Å². The molecule has 0 aliphatic heterocycles. The van der Waals surface area contributed by atoms with E-state index in [0.29, 0.717) is 16.7 Å². The third-order valence-corrected chi connectivity index (χ3v) is 6.02. The molecule has 134 valence electrons. The van der Waals surface area contributed by atoms with Crippen LogP contribution in [-0.4, -0.2) is 14.6 Å². The van der Waals surface area contributed by atoms with Crippen molar-refractivity contribution >= 4 is 17.4 Å². The predicted octanol–water partition coefficient (Wildman–Crippen LogP) is 5.62. The van der Waals surface area contributed by atoms with Gasteiger partial charge in [-0.15, -0.1) is 16.8 Å². The molecule has 6 heteroatoms. The molecule has 0 atom stereocenters. The van der Waals surface area contributed by atoms with Crippen LogP contribution in [0.25, 0.3) is 5.65 Å². The maximum absolute atomic E-state index is 13.9. The Labute approximate surface area is 155 Å². The van der Waals surface area contributed by atoms with Crippen molar-refractivity contribution in [2.75, 3.05) is 0 Å². The lowest BCUT2D eigenvalue weighted by atomic mass is 9.82. The molecule has 3 nitrogen and oxygen atoms in total. The fraction of sp³-hybridized carbons (Fsp3) is 0.300. The zero-order valence-corrected chi connectivity index (χ0v) is 15.1. The molecule has 0 saturated heterocycles. The van der Waals surface area contributed by atoms with Gasteiger partial charge in [-0.25, -0.2) is 8.78 Å². The number of allylic oxidation sites excluding steroid dienone is 1. The van der Waals surface area contributed by atoms with Gasteiger partial charge in [0.1, 0.15) is 17.5 Å². The molecule has 0 radical (unpaired) electrons. The molecular formula is C20H19F2N3S. The van der Waals surface area contributed by atoms with Gasteiger partial charge in [-0.1, -0.05) is 17.8 Å². The second kappa shape index (κ2) is 7.19. The van der Waals surface area contributed by atoms with Crippen LogP contribution in [0.5, 0.6) is 0 Å². The number of rotatable bonds is 4. The van der Waals surface area contributed by atoms with Crippen molar-refractivity contribution in [2.24, 2.45) is 5.92 Å². The standard InChI is InChI=1S/C20H19F2N3S/c1-2-13-3-5-14(6-4-13)20-24-23-19-10-8-16(12-25(19)20)26-18-9-7-15(21)11-17(18)22/h2,7-14H,1,3-6H2. The fourth-order valence-electron chi connectivity index (χ4n) is 3.53. The van der Waals surface area contributed by atoms with Crippen molar-refractivity contribution in [3.63, 3.8) is 0 Å². The van der Waals surface area contributed by atoms with Gasteiger partial charge in [0.2, 0.25) is 0 Å². The highest BCUT2D eigenvalue weighted by Crippen LogP contribution is 2.36. The molecule has 1 aliphatic carbocycles. The molecule has 1 aliphatic rings. The van der Waals surface area contributed by atoms with Crippen LogP contribution in [0.15, 0.2) is 59.0 Å². The van der Waals surface area contributed by atoms with Crippen molar-refractivity contribution in [1.29, 1.82) is 0 Å². The molecule has 3 aromatic rings. The Morgan fingerprint density at radius 1 is 1.08 bits per heavy atom. The van der Waals surface area contributed by atoms with E-state index >= 15 is 0 Å². The number of hydrogen-bond donors (Lipinski definition) is 0. The Balaban J connectivity index is 1.61. The summed E-state index contributed by atoms with van der Waals surface area (Å²) < 4.78 is 29.0. The van der Waals surface area contributed by atoms with E-state index in [1.54, 1.807) is 0 Å². The van der Waals surface area contributed by atoms with Crippen molar-refractivity contribution in [3.05, 3.63) is 66.6 Å². The summed E-state index contributed by atoms with van der Waals surface area (Å²) in [6.07, 6.45) is 8.38. The Morgan fingerprint density at radius 2 is 1.88 bits per heavy atom. The fourth-order valence-corrected chi connectivity index (χ4v) is 4.37. The maximum Gasteiger partial charge on any atom is 0.160 e. The van der Waals surface area contributed by atoms with E-state index in [0.717, 1.165) is 48.1 Å². The topological polar surface area (TPSA) is 30.2 Å². The number of nitrogens with zero attached hydrogens (tertiary/aromatic N) is 3. The lowest BCUT2D eigenvalue weighted by Crippen LogP contribution is -2.14. The van der Waals surface area contributed by atoms with E-state index in [9.17, 15) is 8.78 Å². The molecule has 1 saturated carbocycles. The summed E-state index contributed by atoms with van der Waals surface area (Å²) in [6.45, 7) is 3.90. The van der Waals surface area contributed by atoms with Crippen LogP contribution in [0.4, 0.5) is 8.78 Å². The summed E-state index contributed by atoms with van der Waals surface area (Å²) in [4.78, 5) is 1.26. The third kappa shape index (κ3) is 3.38. The van der Waals surface area contributed by atoms with E-state index in [1.165, 1.54) is 23.9 Å². The van der Waals surface area contributed by atoms with Crippen LogP contribution >= 0.6 is 11.8 Å². The molecule has 0 amide bonds. The molecule has 0 bridgehead atoms. The van der Waals surface area contributed by atoms with Gasteiger partial charge in [-0.2, -0.15) is 0 Å². The SMILES string of the molecule is C=CC1CCC(c2nnc3ccc(Sc4ccc(F)cc4F)cn23)CC1. The van der Waals surface area contributed by atoms with Gasteiger partial charge in [0, 0.05) is 28.0 Å². The molecule has 4 rings (SSSR count). The van der Waals surface area contributed by atoms with Crippen molar-refractivity contribution in [2.45, 2.75) is 41.4 Å². The lowest BCUT2D eigenvalue weighted by Gasteiger charge is -2.25. The zero-order valence-electron chi connectivity index (χ0n) is 14.2. The number of aromatic nitrogens is 3. The Kier molecular flexibility index (Phi) is 4.76. The van der Waals surface area contributed by atoms with Crippen LogP contribution in [0.1, 0.15) is 37.4 Å². The predicted molar refractivity (Wildman–Crippen MR) is 98.4 cm³/mol. The second-order valence-corrected chi connectivity index (χ2v) is 7.79. The van der Waals surface area contributed by atoms with E-state index in [1.807, 2.05) is 28.8 Å². The molecule has 2 aromatic heterocycles. The minimum Gasteiger partial charge on any atom is -0.285 e. The summed E-state index contributed by atoms with van der Waals surface area (Å²) in [6, 6.07) is 7.41. The lowest BCUT2D eigenvalue weighted by molar-refractivity contribution is 0.365. The highest BCUT2D eigenvalue weighted by molar-refractivity contribution is 7.99. The number of fused-ring (bicyclic) bond motifs is 1. The largest absolute Gasteiger partial charge is 0.285 e. The summed E-state index contributed by atoms with van der Waals surface area (Å²) in [5.74, 6) is 0.812. The minimum absolute atomic E-state index is 0.379. The first-order valence-corrected chi connectivity index (χ1v) is 9.56. The van der Waals surface area contributed by atoms with Gasteiger partial charge in [0.25, 0.3) is 0 Å². The number of benzene rings is 1. The summed E-state index contributed by atoms with van der Waals surface area (Å²) in [5, 5.41) is 8.67. The first-order valence-electron chi connectivity index (χ1n) is 8.74. The van der Waals surface area contributed by atoms with Gasteiger partial charge < -0.3 is 0 Å². The van der Waals surface area contributed by atoms with Crippen LogP contribution < -0.4 is 0 Å². The quantitative estimate of drug-likeness (QED) is 0.558. The first kappa shape index (κ1) is 17.2. The van der Waals surface area contributed by atoms with E-state index in [-0.39, 0.29) is 0 Å². The van der Waals surface area contributed by atoms with Crippen LogP contribution in [0.2, 0.25) is 0 Å². The molecule has 1 aromatic carbocycles. The average Bonchev–Trinajstić information content (AvgIpc) is 3.07. The third-order valence-electron chi connectivity index (χ3n) is 4.99. The molecule has 1 fully saturated rings. The van der Waals surface area contributed by atoms with Crippen molar-refractivity contribution < 1.29 is 8.78 Å². The number of halogens is 2. The summed E-state index contributed by atoms with van der Waals surface area (Å²) >= 11 is 1.27. The number of pyridine rings is 1. The Bertz CT molecular complexity index is 945. The molecule has 2 heterocycles. The highest BCUT2D eigenvalue weighted by Gasteiger charge is 2.24. The van der Waals surface area contributed by atoms with Gasteiger partial charge in [-0.05, 0) is 55.9 Å². The molecule has 0 spiro atoms. The average molecular weight is 371 g/mol. The van der Waals surface area contributed by atoms with Crippen LogP contribution in [-0.2, 0) is 0 Å². The molecule has 0 N–H and O–H groups in total. The zero-order chi connectivity index (χ0) is 18.1. The first-order chi connectivity index (χ1) is 12.6. The van der Waals surface area contributed by atoms with Gasteiger partial charge in [-0.3, -0.25) is 4.40 Å². The maximum atomic E-state index is 13.9. The van der Waals surface area contributed by atoms with E-state index in [4.69, 9.17) is 0 Å². The monoisotopic (exact) mass is 371 g/mol. The highest BCUT2D eigenvalue weighted by atomic mass is 32.2. The van der Waals surface area contributed by atoms with Gasteiger partial charge in [0.15, 0.2) is 5.65 Å². The van der Waals surface area contributed by atoms with E-state index < -0.39 is 11.6 Å². The van der Waals surface area contributed by atoms with Crippen molar-refractivity contribution in [1.82, 2.24) is 14.6 Å². The summed E-state index contributed by atoms with van der Waals surface area (Å²) in [5.41, 5.74) is 0.787. The summed E-state index contributed by atoms with van der Waals surface area (Å²) in [7, 11) is 0. The Hall–Kier alpha value is -2.21. The second-order valence-electron chi connectivity index (χ2n) is 6.68. The molecule has 0 unspecified atom stereocenters. The smallest absolute Gasteiger partial charge is 0.160 e. The van der Waals surface area contributed by atoms with Gasteiger partial charge >= 0.3 is 0 Å². The number of hydrogen-bond acceptors (Lipinski definition) is 3. The Morgan fingerprint density at radius 3 is 2.62 bits per heavy atom. The molecular weight excluding hydrogens is 352 g/mol. The minimum atomic E-state index is -0.571. The normalized spacial score (nSPS) is 20.4. The van der Waals surface area contributed by atoms with E-state index in [2.05, 4.69) is 16.8 Å². The molecule has 26 heavy (non-hydrogen) atoms. The van der Waals surface area contributed by atoms with Crippen LogP contribution in [0, 0.1) is 17.6 Å². The van der Waals surface area contributed by atoms with Crippen LogP contribution in [0.3, 0.4) is 0 Å².